The number of carbonyl (C=O) groups excluding carboxylic acids is 1. The van der Waals surface area contributed by atoms with Crippen molar-refractivity contribution in [3.63, 3.8) is 0 Å². The Labute approximate surface area is 103 Å². The molecule has 1 heterocycles. The molecule has 0 amide bonds. The van der Waals surface area contributed by atoms with Crippen molar-refractivity contribution in [3.05, 3.63) is 34.3 Å². The van der Waals surface area contributed by atoms with Gasteiger partial charge in [-0.25, -0.2) is 9.79 Å². The van der Waals surface area contributed by atoms with Crippen LogP contribution in [0.25, 0.3) is 0 Å². The molecule has 3 nitrogen and oxygen atoms in total. The van der Waals surface area contributed by atoms with E-state index in [4.69, 9.17) is 4.74 Å². The maximum atomic E-state index is 11.6. The summed E-state index contributed by atoms with van der Waals surface area (Å²) in [6.45, 7) is 3.72. The zero-order valence-electron chi connectivity index (χ0n) is 9.16. The van der Waals surface area contributed by atoms with Gasteiger partial charge in [-0.05, 0) is 37.6 Å². The summed E-state index contributed by atoms with van der Waals surface area (Å²) in [5.41, 5.74) is 0.108. The number of esters is 1. The lowest BCUT2D eigenvalue weighted by Gasteiger charge is -2.11. The van der Waals surface area contributed by atoms with Crippen LogP contribution in [-0.4, -0.2) is 17.4 Å². The van der Waals surface area contributed by atoms with Crippen molar-refractivity contribution in [2.45, 2.75) is 25.8 Å². The number of aliphatic imine (C=N–C) groups is 1. The van der Waals surface area contributed by atoms with Crippen molar-refractivity contribution in [2.75, 3.05) is 0 Å². The van der Waals surface area contributed by atoms with Crippen molar-refractivity contribution >= 4 is 27.8 Å². The molecule has 1 aromatic carbocycles. The molecule has 0 fully saturated rings. The summed E-state index contributed by atoms with van der Waals surface area (Å²) in [4.78, 5) is 16.0. The van der Waals surface area contributed by atoms with E-state index < -0.39 is 5.54 Å². The number of halogens is 1. The van der Waals surface area contributed by atoms with Crippen LogP contribution in [0.2, 0.25) is 0 Å². The zero-order valence-corrected chi connectivity index (χ0v) is 10.7. The first kappa shape index (κ1) is 11.3. The maximum Gasteiger partial charge on any atom is 0.340 e. The highest BCUT2D eigenvalue weighted by Gasteiger charge is 2.40. The zero-order chi connectivity index (χ0) is 11.8. The molecule has 84 valence electrons. The monoisotopic (exact) mass is 281 g/mol. The maximum absolute atomic E-state index is 11.6. The van der Waals surface area contributed by atoms with Crippen molar-refractivity contribution in [1.82, 2.24) is 0 Å². The van der Waals surface area contributed by atoms with Crippen molar-refractivity contribution in [3.8, 4) is 0 Å². The number of rotatable bonds is 2. The Kier molecular flexibility index (Phi) is 2.84. The first-order valence-corrected chi connectivity index (χ1v) is 5.92. The molecule has 0 bridgehead atoms. The highest BCUT2D eigenvalue weighted by Crippen LogP contribution is 2.26. The molecule has 1 atom stereocenters. The number of nitrogens with zero attached hydrogens (tertiary/aromatic N) is 1. The first-order valence-electron chi connectivity index (χ1n) is 5.13. The van der Waals surface area contributed by atoms with Crippen LogP contribution in [-0.2, 0) is 9.53 Å². The summed E-state index contributed by atoms with van der Waals surface area (Å²) in [5.74, 6) is 0.148. The van der Waals surface area contributed by atoms with Crippen LogP contribution >= 0.6 is 15.9 Å². The van der Waals surface area contributed by atoms with E-state index in [1.807, 2.05) is 31.2 Å². The number of hydrogen-bond acceptors (Lipinski definition) is 3. The Balaban J connectivity index is 2.34. The average Bonchev–Trinajstić information content (AvgIpc) is 2.57. The van der Waals surface area contributed by atoms with Gasteiger partial charge in [0.1, 0.15) is 0 Å². The van der Waals surface area contributed by atoms with Crippen LogP contribution in [0.15, 0.2) is 33.7 Å². The van der Waals surface area contributed by atoms with Gasteiger partial charge in [-0.3, -0.25) is 0 Å². The number of carbonyl (C=O) groups is 1. The smallest absolute Gasteiger partial charge is 0.340 e. The van der Waals surface area contributed by atoms with E-state index >= 15 is 0 Å². The quantitative estimate of drug-likeness (QED) is 0.782. The highest BCUT2D eigenvalue weighted by atomic mass is 79.9. The molecule has 0 saturated heterocycles. The Morgan fingerprint density at radius 1 is 1.38 bits per heavy atom. The first-order chi connectivity index (χ1) is 7.55. The van der Waals surface area contributed by atoms with Gasteiger partial charge < -0.3 is 4.74 Å². The summed E-state index contributed by atoms with van der Waals surface area (Å²) in [6.07, 6.45) is 0.645. The molecule has 1 aromatic rings. The normalized spacial score (nSPS) is 24.2. The van der Waals surface area contributed by atoms with E-state index in [1.165, 1.54) is 0 Å². The fourth-order valence-corrected chi connectivity index (χ4v) is 1.69. The lowest BCUT2D eigenvalue weighted by Crippen LogP contribution is -2.28. The molecular weight excluding hydrogens is 270 g/mol. The molecule has 1 unspecified atom stereocenters. The molecule has 16 heavy (non-hydrogen) atoms. The molecule has 0 saturated carbocycles. The third-order valence-electron chi connectivity index (χ3n) is 2.76. The van der Waals surface area contributed by atoms with Crippen LogP contribution in [0.4, 0.5) is 0 Å². The minimum Gasteiger partial charge on any atom is -0.405 e. The van der Waals surface area contributed by atoms with Gasteiger partial charge in [0.2, 0.25) is 5.90 Å². The molecular formula is C12H12BrNO2. The second-order valence-corrected chi connectivity index (χ2v) is 4.86. The molecule has 0 radical (unpaired) electrons. The van der Waals surface area contributed by atoms with E-state index in [9.17, 15) is 4.79 Å². The Hall–Kier alpha value is -1.16. The lowest BCUT2D eigenvalue weighted by molar-refractivity contribution is -0.138. The number of benzene rings is 1. The summed E-state index contributed by atoms with van der Waals surface area (Å²) in [7, 11) is 0. The van der Waals surface area contributed by atoms with Gasteiger partial charge in [0.05, 0.1) is 0 Å². The molecule has 0 aromatic heterocycles. The molecule has 1 aliphatic heterocycles. The van der Waals surface area contributed by atoms with Crippen LogP contribution in [0.5, 0.6) is 0 Å². The van der Waals surface area contributed by atoms with Crippen molar-refractivity contribution < 1.29 is 9.53 Å². The molecule has 1 aliphatic rings. The predicted octanol–water partition coefficient (Wildman–Crippen LogP) is 2.92. The fraction of sp³-hybridized carbons (Fsp3) is 0.333. The fourth-order valence-electron chi connectivity index (χ4n) is 1.43. The van der Waals surface area contributed by atoms with Gasteiger partial charge in [0.25, 0.3) is 0 Å². The van der Waals surface area contributed by atoms with Crippen molar-refractivity contribution in [1.29, 1.82) is 0 Å². The van der Waals surface area contributed by atoms with Gasteiger partial charge in [-0.15, -0.1) is 0 Å². The predicted molar refractivity (Wildman–Crippen MR) is 65.5 cm³/mol. The Morgan fingerprint density at radius 2 is 2.00 bits per heavy atom. The van der Waals surface area contributed by atoms with Crippen LogP contribution < -0.4 is 0 Å². The summed E-state index contributed by atoms with van der Waals surface area (Å²) in [5, 5.41) is 0. The average molecular weight is 282 g/mol. The SMILES string of the molecule is CCC1(C)N=C(c2ccc(Br)cc2)OC1=O. The van der Waals surface area contributed by atoms with Crippen LogP contribution in [0.1, 0.15) is 25.8 Å². The third-order valence-corrected chi connectivity index (χ3v) is 3.29. The molecule has 0 spiro atoms. The Morgan fingerprint density at radius 3 is 2.50 bits per heavy atom. The molecule has 4 heteroatoms. The second kappa shape index (κ2) is 4.01. The third kappa shape index (κ3) is 1.89. The highest BCUT2D eigenvalue weighted by molar-refractivity contribution is 9.10. The van der Waals surface area contributed by atoms with Gasteiger partial charge in [0, 0.05) is 10.0 Å². The van der Waals surface area contributed by atoms with Gasteiger partial charge >= 0.3 is 5.97 Å². The van der Waals surface area contributed by atoms with E-state index in [0.29, 0.717) is 12.3 Å². The van der Waals surface area contributed by atoms with Crippen LogP contribution in [0.3, 0.4) is 0 Å². The standard InChI is InChI=1S/C12H12BrNO2/c1-3-12(2)11(15)16-10(14-12)8-4-6-9(13)7-5-8/h4-7H,3H2,1-2H3. The largest absolute Gasteiger partial charge is 0.405 e. The summed E-state index contributed by atoms with van der Waals surface area (Å²) in [6, 6.07) is 7.54. The Bertz CT molecular complexity index is 453. The topological polar surface area (TPSA) is 38.7 Å². The number of ether oxygens (including phenoxy) is 1. The van der Waals surface area contributed by atoms with Crippen molar-refractivity contribution in [2.24, 2.45) is 4.99 Å². The van der Waals surface area contributed by atoms with Gasteiger partial charge in [-0.2, -0.15) is 0 Å². The summed E-state index contributed by atoms with van der Waals surface area (Å²) < 4.78 is 6.18. The lowest BCUT2D eigenvalue weighted by atomic mass is 10.0. The van der Waals surface area contributed by atoms with E-state index in [2.05, 4.69) is 20.9 Å². The molecule has 0 aliphatic carbocycles. The minimum absolute atomic E-state index is 0.270. The molecule has 0 N–H and O–H groups in total. The van der Waals surface area contributed by atoms with Gasteiger partial charge in [-0.1, -0.05) is 22.9 Å². The number of cyclic esters (lactones) is 1. The minimum atomic E-state index is -0.720. The van der Waals surface area contributed by atoms with Crippen LogP contribution in [0, 0.1) is 0 Å². The molecule has 2 rings (SSSR count). The van der Waals surface area contributed by atoms with E-state index in [0.717, 1.165) is 10.0 Å². The van der Waals surface area contributed by atoms with Gasteiger partial charge in [0.15, 0.2) is 5.54 Å². The van der Waals surface area contributed by atoms with E-state index in [-0.39, 0.29) is 5.97 Å². The second-order valence-electron chi connectivity index (χ2n) is 3.94. The van der Waals surface area contributed by atoms with E-state index in [1.54, 1.807) is 6.92 Å². The summed E-state index contributed by atoms with van der Waals surface area (Å²) >= 11 is 3.35. The number of hydrogen-bond donors (Lipinski definition) is 0.